The van der Waals surface area contributed by atoms with E-state index in [1.807, 2.05) is 0 Å². The Morgan fingerprint density at radius 2 is 1.84 bits per heavy atom. The van der Waals surface area contributed by atoms with Crippen molar-refractivity contribution in [3.05, 3.63) is 0 Å². The van der Waals surface area contributed by atoms with Gasteiger partial charge in [-0.3, -0.25) is 4.99 Å². The van der Waals surface area contributed by atoms with Crippen molar-refractivity contribution in [2.75, 3.05) is 39.3 Å². The van der Waals surface area contributed by atoms with Gasteiger partial charge in [0.25, 0.3) is 0 Å². The Morgan fingerprint density at radius 3 is 2.47 bits per heavy atom. The maximum Gasteiger partial charge on any atom is 0.191 e. The van der Waals surface area contributed by atoms with Crippen molar-refractivity contribution in [3.8, 4) is 0 Å². The molecule has 1 aliphatic heterocycles. The van der Waals surface area contributed by atoms with E-state index in [2.05, 4.69) is 34.4 Å². The summed E-state index contributed by atoms with van der Waals surface area (Å²) in [5, 5.41) is 6.68. The Hall–Kier alpha value is -0.0400. The van der Waals surface area contributed by atoms with Crippen molar-refractivity contribution in [2.45, 2.75) is 46.0 Å². The van der Waals surface area contributed by atoms with Crippen molar-refractivity contribution >= 4 is 29.9 Å². The van der Waals surface area contributed by atoms with Gasteiger partial charge in [0, 0.05) is 19.6 Å². The molecule has 5 heteroatoms. The van der Waals surface area contributed by atoms with Crippen LogP contribution in [0.25, 0.3) is 0 Å². The second-order valence-corrected chi connectivity index (χ2v) is 4.94. The Balaban J connectivity index is 0.00000324. The number of rotatable bonds is 8. The first kappa shape index (κ1) is 19.0. The second kappa shape index (κ2) is 13.0. The number of nitrogens with zero attached hydrogens (tertiary/aromatic N) is 2. The SMILES string of the molecule is CCCN=C(NCC)NCCCCN1CCCC1.I. The Kier molecular flexibility index (Phi) is 12.9. The first-order chi connectivity index (χ1) is 8.86. The average Bonchev–Trinajstić information content (AvgIpc) is 2.88. The second-order valence-electron chi connectivity index (χ2n) is 4.94. The van der Waals surface area contributed by atoms with E-state index in [1.54, 1.807) is 0 Å². The molecule has 0 spiro atoms. The molecule has 0 amide bonds. The third kappa shape index (κ3) is 9.49. The number of unbranched alkanes of at least 4 members (excludes halogenated alkanes) is 1. The summed E-state index contributed by atoms with van der Waals surface area (Å²) >= 11 is 0. The summed E-state index contributed by atoms with van der Waals surface area (Å²) in [5.74, 6) is 0.973. The number of nitrogens with one attached hydrogen (secondary N) is 2. The molecule has 0 radical (unpaired) electrons. The van der Waals surface area contributed by atoms with E-state index in [9.17, 15) is 0 Å². The molecule has 1 saturated heterocycles. The smallest absolute Gasteiger partial charge is 0.191 e. The Labute approximate surface area is 135 Å². The lowest BCUT2D eigenvalue weighted by atomic mass is 10.3. The topological polar surface area (TPSA) is 39.7 Å². The van der Waals surface area contributed by atoms with Gasteiger partial charge in [-0.25, -0.2) is 0 Å². The van der Waals surface area contributed by atoms with Gasteiger partial charge >= 0.3 is 0 Å². The predicted octanol–water partition coefficient (Wildman–Crippen LogP) is 2.45. The normalized spacial score (nSPS) is 16.2. The minimum Gasteiger partial charge on any atom is -0.357 e. The van der Waals surface area contributed by atoms with Crippen LogP contribution in [0, 0.1) is 0 Å². The molecular weight excluding hydrogens is 351 g/mol. The molecule has 0 aromatic rings. The Bertz CT molecular complexity index is 227. The monoisotopic (exact) mass is 382 g/mol. The summed E-state index contributed by atoms with van der Waals surface area (Å²) in [4.78, 5) is 7.07. The lowest BCUT2D eigenvalue weighted by Crippen LogP contribution is -2.38. The van der Waals surface area contributed by atoms with Crippen LogP contribution in [0.3, 0.4) is 0 Å². The largest absolute Gasteiger partial charge is 0.357 e. The molecular formula is C14H31IN4. The standard InChI is InChI=1S/C14H30N4.HI/c1-3-9-16-14(15-4-2)17-10-5-6-11-18-12-7-8-13-18;/h3-13H2,1-2H3,(H2,15,16,17);1H. The van der Waals surface area contributed by atoms with Gasteiger partial charge in [-0.2, -0.15) is 0 Å². The zero-order valence-electron chi connectivity index (χ0n) is 12.6. The van der Waals surface area contributed by atoms with Gasteiger partial charge in [-0.05, 0) is 58.7 Å². The minimum absolute atomic E-state index is 0. The van der Waals surface area contributed by atoms with Crippen LogP contribution < -0.4 is 10.6 Å². The van der Waals surface area contributed by atoms with Crippen molar-refractivity contribution in [1.82, 2.24) is 15.5 Å². The highest BCUT2D eigenvalue weighted by Crippen LogP contribution is 2.07. The van der Waals surface area contributed by atoms with E-state index in [0.29, 0.717) is 0 Å². The van der Waals surface area contributed by atoms with Crippen LogP contribution in [0.1, 0.15) is 46.0 Å². The summed E-state index contributed by atoms with van der Waals surface area (Å²) < 4.78 is 0. The number of guanidine groups is 1. The zero-order chi connectivity index (χ0) is 13.1. The Morgan fingerprint density at radius 1 is 1.11 bits per heavy atom. The van der Waals surface area contributed by atoms with E-state index < -0.39 is 0 Å². The molecule has 0 aromatic carbocycles. The highest BCUT2D eigenvalue weighted by molar-refractivity contribution is 14.0. The van der Waals surface area contributed by atoms with Gasteiger partial charge in [-0.15, -0.1) is 24.0 Å². The molecule has 1 aliphatic rings. The van der Waals surface area contributed by atoms with Crippen LogP contribution in [0.5, 0.6) is 0 Å². The molecule has 1 fully saturated rings. The molecule has 4 nitrogen and oxygen atoms in total. The predicted molar refractivity (Wildman–Crippen MR) is 94.6 cm³/mol. The van der Waals surface area contributed by atoms with Crippen LogP contribution in [0.4, 0.5) is 0 Å². The molecule has 0 unspecified atom stereocenters. The van der Waals surface area contributed by atoms with Gasteiger partial charge in [-0.1, -0.05) is 6.92 Å². The molecule has 0 bridgehead atoms. The summed E-state index contributed by atoms with van der Waals surface area (Å²) in [6, 6.07) is 0. The highest BCUT2D eigenvalue weighted by Gasteiger charge is 2.09. The fraction of sp³-hybridized carbons (Fsp3) is 0.929. The maximum absolute atomic E-state index is 4.49. The fourth-order valence-electron chi connectivity index (χ4n) is 2.24. The van der Waals surface area contributed by atoms with Gasteiger partial charge in [0.2, 0.25) is 0 Å². The van der Waals surface area contributed by atoms with Crippen molar-refractivity contribution in [3.63, 3.8) is 0 Å². The molecule has 1 heterocycles. The molecule has 19 heavy (non-hydrogen) atoms. The molecule has 0 aliphatic carbocycles. The number of hydrogen-bond acceptors (Lipinski definition) is 2. The van der Waals surface area contributed by atoms with Gasteiger partial charge < -0.3 is 15.5 Å². The number of hydrogen-bond donors (Lipinski definition) is 2. The van der Waals surface area contributed by atoms with Crippen LogP contribution >= 0.6 is 24.0 Å². The first-order valence-corrected chi connectivity index (χ1v) is 7.61. The summed E-state index contributed by atoms with van der Waals surface area (Å²) in [6.45, 7) is 11.0. The number of halogens is 1. The third-order valence-corrected chi connectivity index (χ3v) is 3.23. The maximum atomic E-state index is 4.49. The lowest BCUT2D eigenvalue weighted by molar-refractivity contribution is 0.330. The third-order valence-electron chi connectivity index (χ3n) is 3.23. The van der Waals surface area contributed by atoms with E-state index in [4.69, 9.17) is 0 Å². The van der Waals surface area contributed by atoms with Crippen LogP contribution in [-0.4, -0.2) is 50.1 Å². The minimum atomic E-state index is 0. The summed E-state index contributed by atoms with van der Waals surface area (Å²) in [7, 11) is 0. The molecule has 2 N–H and O–H groups in total. The quantitative estimate of drug-likeness (QED) is 0.293. The van der Waals surface area contributed by atoms with Gasteiger partial charge in [0.05, 0.1) is 0 Å². The number of likely N-dealkylation sites (tertiary alicyclic amines) is 1. The van der Waals surface area contributed by atoms with Crippen molar-refractivity contribution in [2.24, 2.45) is 4.99 Å². The summed E-state index contributed by atoms with van der Waals surface area (Å²) in [5.41, 5.74) is 0. The molecule has 1 rings (SSSR count). The molecule has 0 saturated carbocycles. The lowest BCUT2D eigenvalue weighted by Gasteiger charge is -2.15. The van der Waals surface area contributed by atoms with E-state index in [-0.39, 0.29) is 24.0 Å². The van der Waals surface area contributed by atoms with Crippen LogP contribution in [0.2, 0.25) is 0 Å². The zero-order valence-corrected chi connectivity index (χ0v) is 14.9. The van der Waals surface area contributed by atoms with Gasteiger partial charge in [0.15, 0.2) is 5.96 Å². The van der Waals surface area contributed by atoms with E-state index in [0.717, 1.165) is 32.0 Å². The molecule has 0 aromatic heterocycles. The number of aliphatic imine (C=N–C) groups is 1. The average molecular weight is 382 g/mol. The molecule has 114 valence electrons. The summed E-state index contributed by atoms with van der Waals surface area (Å²) in [6.07, 6.45) is 6.41. The molecule has 0 atom stereocenters. The van der Waals surface area contributed by atoms with E-state index >= 15 is 0 Å². The van der Waals surface area contributed by atoms with Gasteiger partial charge in [0.1, 0.15) is 0 Å². The first-order valence-electron chi connectivity index (χ1n) is 7.61. The highest BCUT2D eigenvalue weighted by atomic mass is 127. The fourth-order valence-corrected chi connectivity index (χ4v) is 2.24. The van der Waals surface area contributed by atoms with Crippen molar-refractivity contribution in [1.29, 1.82) is 0 Å². The van der Waals surface area contributed by atoms with Crippen LogP contribution in [0.15, 0.2) is 4.99 Å². The van der Waals surface area contributed by atoms with Crippen molar-refractivity contribution < 1.29 is 0 Å². The van der Waals surface area contributed by atoms with E-state index in [1.165, 1.54) is 45.3 Å². The van der Waals surface area contributed by atoms with Crippen LogP contribution in [-0.2, 0) is 0 Å².